The van der Waals surface area contributed by atoms with Crippen molar-refractivity contribution in [3.8, 4) is 0 Å². The highest BCUT2D eigenvalue weighted by atomic mass is 19.1. The van der Waals surface area contributed by atoms with E-state index in [0.717, 1.165) is 43.9 Å². The van der Waals surface area contributed by atoms with Gasteiger partial charge in [-0.1, -0.05) is 23.8 Å². The summed E-state index contributed by atoms with van der Waals surface area (Å²) in [7, 11) is 0. The number of pyridine rings is 1. The summed E-state index contributed by atoms with van der Waals surface area (Å²) >= 11 is 0. The second-order valence-corrected chi connectivity index (χ2v) is 5.97. The Hall–Kier alpha value is -2.94. The van der Waals surface area contributed by atoms with E-state index in [1.165, 1.54) is 6.07 Å². The molecule has 0 saturated carbocycles. The lowest BCUT2D eigenvalue weighted by Crippen LogP contribution is -1.92. The highest BCUT2D eigenvalue weighted by molar-refractivity contribution is 6.13. The number of aromatic nitrogens is 2. The van der Waals surface area contributed by atoms with Gasteiger partial charge in [0.15, 0.2) is 0 Å². The predicted molar refractivity (Wildman–Crippen MR) is 92.4 cm³/mol. The summed E-state index contributed by atoms with van der Waals surface area (Å²) in [5, 5.41) is 2.93. The molecule has 0 aliphatic rings. The largest absolute Gasteiger partial charge is 0.292 e. The van der Waals surface area contributed by atoms with Crippen LogP contribution in [0, 0.1) is 12.7 Å². The number of benzene rings is 3. The lowest BCUT2D eigenvalue weighted by Gasteiger charge is -2.09. The van der Waals surface area contributed by atoms with Crippen molar-refractivity contribution < 1.29 is 4.39 Å². The fourth-order valence-electron chi connectivity index (χ4n) is 3.45. The Kier molecular flexibility index (Phi) is 2.35. The van der Waals surface area contributed by atoms with Crippen LogP contribution < -0.4 is 0 Å². The number of nitrogens with zero attached hydrogens (tertiary/aromatic N) is 2. The Morgan fingerprint density at radius 1 is 0.826 bits per heavy atom. The number of halogens is 1. The fraction of sp³-hybridized carbons (Fsp3) is 0.0500. The minimum absolute atomic E-state index is 0.222. The molecule has 110 valence electrons. The van der Waals surface area contributed by atoms with E-state index in [-0.39, 0.29) is 5.82 Å². The number of fused-ring (bicyclic) bond motifs is 8. The minimum Gasteiger partial charge on any atom is -0.292 e. The molecule has 2 nitrogen and oxygen atoms in total. The van der Waals surface area contributed by atoms with Crippen molar-refractivity contribution in [2.75, 3.05) is 0 Å². The Morgan fingerprint density at radius 2 is 1.70 bits per heavy atom. The third kappa shape index (κ3) is 1.65. The van der Waals surface area contributed by atoms with E-state index < -0.39 is 0 Å². The predicted octanol–water partition coefficient (Wildman–Crippen LogP) is 5.24. The van der Waals surface area contributed by atoms with Crippen LogP contribution in [0.5, 0.6) is 0 Å². The maximum atomic E-state index is 13.8. The molecule has 0 aliphatic carbocycles. The summed E-state index contributed by atoms with van der Waals surface area (Å²) in [6, 6.07) is 19.3. The second kappa shape index (κ2) is 4.29. The molecule has 0 unspecified atom stereocenters. The zero-order chi connectivity index (χ0) is 15.6. The van der Waals surface area contributed by atoms with E-state index in [4.69, 9.17) is 4.98 Å². The standard InChI is InChI=1S/C20H13FN2/c1-12-6-9-18-16(10-12)15-11-13(21)7-8-14(15)20-22-17-4-2-3-5-19(17)23(18)20/h2-11H,1H3. The van der Waals surface area contributed by atoms with Gasteiger partial charge in [0.25, 0.3) is 0 Å². The van der Waals surface area contributed by atoms with E-state index in [2.05, 4.69) is 35.6 Å². The van der Waals surface area contributed by atoms with Crippen LogP contribution in [-0.2, 0) is 0 Å². The lowest BCUT2D eigenvalue weighted by molar-refractivity contribution is 0.630. The van der Waals surface area contributed by atoms with Crippen molar-refractivity contribution >= 4 is 38.4 Å². The maximum Gasteiger partial charge on any atom is 0.146 e. The van der Waals surface area contributed by atoms with Crippen molar-refractivity contribution in [3.63, 3.8) is 0 Å². The van der Waals surface area contributed by atoms with Gasteiger partial charge in [0.2, 0.25) is 0 Å². The average Bonchev–Trinajstić information content (AvgIpc) is 2.94. The van der Waals surface area contributed by atoms with Gasteiger partial charge in [0.05, 0.1) is 16.6 Å². The van der Waals surface area contributed by atoms with Crippen LogP contribution >= 0.6 is 0 Å². The molecule has 5 rings (SSSR count). The summed E-state index contributed by atoms with van der Waals surface area (Å²) in [5.41, 5.74) is 5.11. The van der Waals surface area contributed by atoms with Gasteiger partial charge in [-0.2, -0.15) is 0 Å². The first-order valence-corrected chi connectivity index (χ1v) is 7.61. The minimum atomic E-state index is -0.222. The monoisotopic (exact) mass is 300 g/mol. The van der Waals surface area contributed by atoms with Gasteiger partial charge in [-0.15, -0.1) is 0 Å². The summed E-state index contributed by atoms with van der Waals surface area (Å²) in [6.07, 6.45) is 0. The van der Waals surface area contributed by atoms with Crippen LogP contribution in [0.15, 0.2) is 60.7 Å². The zero-order valence-corrected chi connectivity index (χ0v) is 12.5. The first-order valence-electron chi connectivity index (χ1n) is 7.61. The number of aryl methyl sites for hydroxylation is 1. The summed E-state index contributed by atoms with van der Waals surface area (Å²) in [4.78, 5) is 4.79. The molecule has 0 atom stereocenters. The molecule has 5 aromatic rings. The normalized spacial score (nSPS) is 11.9. The smallest absolute Gasteiger partial charge is 0.146 e. The van der Waals surface area contributed by atoms with E-state index in [1.807, 2.05) is 24.3 Å². The number of hydrogen-bond acceptors (Lipinski definition) is 1. The van der Waals surface area contributed by atoms with Crippen LogP contribution in [0.1, 0.15) is 5.56 Å². The molecule has 3 heteroatoms. The van der Waals surface area contributed by atoms with Crippen LogP contribution in [0.4, 0.5) is 4.39 Å². The number of imidazole rings is 1. The van der Waals surface area contributed by atoms with Gasteiger partial charge >= 0.3 is 0 Å². The van der Waals surface area contributed by atoms with Gasteiger partial charge in [-0.05, 0) is 54.8 Å². The first kappa shape index (κ1) is 12.6. The molecule has 0 amide bonds. The van der Waals surface area contributed by atoms with Gasteiger partial charge in [0, 0.05) is 10.8 Å². The van der Waals surface area contributed by atoms with Crippen molar-refractivity contribution in [1.29, 1.82) is 0 Å². The molecule has 0 bridgehead atoms. The van der Waals surface area contributed by atoms with E-state index in [9.17, 15) is 4.39 Å². The highest BCUT2D eigenvalue weighted by Crippen LogP contribution is 2.33. The summed E-state index contributed by atoms with van der Waals surface area (Å²) in [5.74, 6) is -0.222. The number of hydrogen-bond donors (Lipinski definition) is 0. The van der Waals surface area contributed by atoms with Crippen molar-refractivity contribution in [3.05, 3.63) is 72.0 Å². The SMILES string of the molecule is Cc1ccc2c(c1)c1cc(F)ccc1c1nc3ccccc3n21. The Balaban J connectivity index is 2.20. The maximum absolute atomic E-state index is 13.8. The third-order valence-corrected chi connectivity index (χ3v) is 4.47. The number of rotatable bonds is 0. The second-order valence-electron chi connectivity index (χ2n) is 5.97. The third-order valence-electron chi connectivity index (χ3n) is 4.47. The van der Waals surface area contributed by atoms with Gasteiger partial charge in [-0.25, -0.2) is 9.37 Å². The Labute approximate surface area is 131 Å². The molecule has 2 heterocycles. The molecule has 23 heavy (non-hydrogen) atoms. The molecule has 0 aliphatic heterocycles. The molecule has 0 spiro atoms. The highest BCUT2D eigenvalue weighted by Gasteiger charge is 2.13. The molecular weight excluding hydrogens is 287 g/mol. The molecule has 0 radical (unpaired) electrons. The van der Waals surface area contributed by atoms with E-state index >= 15 is 0 Å². The summed E-state index contributed by atoms with van der Waals surface area (Å²) < 4.78 is 16.0. The molecule has 0 saturated heterocycles. The van der Waals surface area contributed by atoms with E-state index in [0.29, 0.717) is 0 Å². The van der Waals surface area contributed by atoms with Gasteiger partial charge < -0.3 is 0 Å². The van der Waals surface area contributed by atoms with E-state index in [1.54, 1.807) is 6.07 Å². The van der Waals surface area contributed by atoms with Crippen LogP contribution in [0.25, 0.3) is 38.4 Å². The van der Waals surface area contributed by atoms with Crippen LogP contribution in [0.3, 0.4) is 0 Å². The van der Waals surface area contributed by atoms with Crippen molar-refractivity contribution in [1.82, 2.24) is 9.38 Å². The first-order chi connectivity index (χ1) is 11.2. The van der Waals surface area contributed by atoms with Crippen molar-refractivity contribution in [2.24, 2.45) is 0 Å². The number of para-hydroxylation sites is 2. The fourth-order valence-corrected chi connectivity index (χ4v) is 3.45. The topological polar surface area (TPSA) is 17.3 Å². The molecule has 3 aromatic carbocycles. The average molecular weight is 300 g/mol. The molecule has 0 N–H and O–H groups in total. The van der Waals surface area contributed by atoms with Gasteiger partial charge in [0.1, 0.15) is 11.5 Å². The van der Waals surface area contributed by atoms with Crippen LogP contribution in [-0.4, -0.2) is 9.38 Å². The Bertz CT molecular complexity index is 1230. The summed E-state index contributed by atoms with van der Waals surface area (Å²) in [6.45, 7) is 2.06. The molecule has 0 fully saturated rings. The quantitative estimate of drug-likeness (QED) is 0.357. The van der Waals surface area contributed by atoms with Crippen LogP contribution in [0.2, 0.25) is 0 Å². The Morgan fingerprint density at radius 3 is 2.61 bits per heavy atom. The lowest BCUT2D eigenvalue weighted by atomic mass is 10.0. The zero-order valence-electron chi connectivity index (χ0n) is 12.5. The molecule has 2 aromatic heterocycles. The van der Waals surface area contributed by atoms with Gasteiger partial charge in [-0.3, -0.25) is 4.40 Å². The molecular formula is C20H13FN2. The van der Waals surface area contributed by atoms with Crippen molar-refractivity contribution in [2.45, 2.75) is 6.92 Å².